The van der Waals surface area contributed by atoms with Crippen LogP contribution >= 0.6 is 27.3 Å². The first kappa shape index (κ1) is 26.1. The van der Waals surface area contributed by atoms with E-state index in [2.05, 4.69) is 44.5 Å². The summed E-state index contributed by atoms with van der Waals surface area (Å²) in [5, 5.41) is 0. The molecule has 6 nitrogen and oxygen atoms in total. The number of ether oxygens (including phenoxy) is 1. The molecule has 2 aromatic heterocycles. The van der Waals surface area contributed by atoms with Gasteiger partial charge in [-0.05, 0) is 86.0 Å². The highest BCUT2D eigenvalue weighted by Crippen LogP contribution is 2.31. The van der Waals surface area contributed by atoms with Gasteiger partial charge >= 0.3 is 5.97 Å². The Morgan fingerprint density at radius 3 is 2.50 bits per heavy atom. The summed E-state index contributed by atoms with van der Waals surface area (Å²) < 4.78 is 10.7. The standard InChI is InChI=1S/C30H28BrN3O3S/c1-6-37-29(36)26-19(4)32-30-34(27(26)21-13-11-17(2)12-14-21)28(35)25(38-30)16-22-15-18(3)33(20(22)5)24-10-8-7-9-23(24)31/h7-16,27H,6H2,1-5H3/b25-16+/t27-/m0/s1. The number of esters is 1. The van der Waals surface area contributed by atoms with Gasteiger partial charge in [-0.25, -0.2) is 9.79 Å². The minimum Gasteiger partial charge on any atom is -0.463 e. The summed E-state index contributed by atoms with van der Waals surface area (Å²) in [5.41, 5.74) is 6.79. The Hall–Kier alpha value is -3.49. The highest BCUT2D eigenvalue weighted by Gasteiger charge is 2.33. The molecule has 1 atom stereocenters. The van der Waals surface area contributed by atoms with Crippen molar-refractivity contribution < 1.29 is 9.53 Å². The highest BCUT2D eigenvalue weighted by atomic mass is 79.9. The van der Waals surface area contributed by atoms with Gasteiger partial charge in [0.2, 0.25) is 0 Å². The minimum absolute atomic E-state index is 0.181. The van der Waals surface area contributed by atoms with Gasteiger partial charge in [0.15, 0.2) is 4.80 Å². The highest BCUT2D eigenvalue weighted by molar-refractivity contribution is 9.10. The number of allylic oxidation sites excluding steroid dienone is 1. The molecule has 0 saturated heterocycles. The number of aromatic nitrogens is 2. The van der Waals surface area contributed by atoms with Crippen molar-refractivity contribution in [2.24, 2.45) is 4.99 Å². The molecule has 0 amide bonds. The Labute approximate surface area is 233 Å². The third-order valence-electron chi connectivity index (χ3n) is 6.76. The Morgan fingerprint density at radius 2 is 1.82 bits per heavy atom. The SMILES string of the molecule is CCOC(=O)C1=C(C)N=c2s/c(=C/c3cc(C)n(-c4ccccc4Br)c3C)c(=O)n2[C@H]1c1ccc(C)cc1. The zero-order valence-corrected chi connectivity index (χ0v) is 24.3. The van der Waals surface area contributed by atoms with Crippen molar-refractivity contribution in [3.63, 3.8) is 0 Å². The fourth-order valence-electron chi connectivity index (χ4n) is 4.93. The van der Waals surface area contributed by atoms with Gasteiger partial charge in [0.05, 0.1) is 34.1 Å². The minimum atomic E-state index is -0.610. The number of para-hydroxylation sites is 1. The van der Waals surface area contributed by atoms with Crippen molar-refractivity contribution in [2.75, 3.05) is 6.61 Å². The quantitative estimate of drug-likeness (QED) is 0.298. The maximum Gasteiger partial charge on any atom is 0.338 e. The normalized spacial score (nSPS) is 15.4. The molecule has 8 heteroatoms. The number of carbonyl (C=O) groups is 1. The molecule has 2 aromatic carbocycles. The van der Waals surface area contributed by atoms with Gasteiger partial charge in [-0.2, -0.15) is 0 Å². The van der Waals surface area contributed by atoms with E-state index in [0.717, 1.165) is 38.2 Å². The van der Waals surface area contributed by atoms with Crippen LogP contribution in [0.25, 0.3) is 11.8 Å². The molecule has 0 bridgehead atoms. The number of hydrogen-bond acceptors (Lipinski definition) is 5. The largest absolute Gasteiger partial charge is 0.463 e. The molecule has 0 aliphatic carbocycles. The van der Waals surface area contributed by atoms with Crippen molar-refractivity contribution in [2.45, 2.75) is 40.7 Å². The second-order valence-corrected chi connectivity index (χ2v) is 11.2. The van der Waals surface area contributed by atoms with Crippen LogP contribution in [0, 0.1) is 20.8 Å². The van der Waals surface area contributed by atoms with Crippen LogP contribution in [-0.4, -0.2) is 21.7 Å². The van der Waals surface area contributed by atoms with E-state index < -0.39 is 12.0 Å². The van der Waals surface area contributed by atoms with Crippen molar-refractivity contribution in [3.05, 3.63) is 118 Å². The van der Waals surface area contributed by atoms with E-state index in [9.17, 15) is 9.59 Å². The Balaban J connectivity index is 1.70. The zero-order valence-electron chi connectivity index (χ0n) is 21.9. The van der Waals surface area contributed by atoms with Crippen LogP contribution in [0.4, 0.5) is 0 Å². The van der Waals surface area contributed by atoms with E-state index in [4.69, 9.17) is 4.74 Å². The maximum atomic E-state index is 13.9. The molecule has 0 fully saturated rings. The second kappa shape index (κ2) is 10.3. The molecule has 1 aliphatic rings. The number of nitrogens with zero attached hydrogens (tertiary/aromatic N) is 3. The monoisotopic (exact) mass is 589 g/mol. The van der Waals surface area contributed by atoms with Crippen LogP contribution in [0.1, 0.15) is 48.0 Å². The lowest BCUT2D eigenvalue weighted by atomic mass is 9.95. The van der Waals surface area contributed by atoms with Gasteiger partial charge in [-0.3, -0.25) is 9.36 Å². The summed E-state index contributed by atoms with van der Waals surface area (Å²) in [4.78, 5) is 32.2. The van der Waals surface area contributed by atoms with E-state index in [1.165, 1.54) is 11.3 Å². The number of hydrogen-bond donors (Lipinski definition) is 0. The molecule has 0 N–H and O–H groups in total. The van der Waals surface area contributed by atoms with Gasteiger partial charge < -0.3 is 9.30 Å². The molecule has 4 aromatic rings. The molecule has 0 unspecified atom stereocenters. The number of fused-ring (bicyclic) bond motifs is 1. The van der Waals surface area contributed by atoms with Crippen LogP contribution in [0.3, 0.4) is 0 Å². The summed E-state index contributed by atoms with van der Waals surface area (Å²) in [5.74, 6) is -0.453. The number of carbonyl (C=O) groups excluding carboxylic acids is 1. The summed E-state index contributed by atoms with van der Waals surface area (Å²) in [6.07, 6.45) is 1.93. The molecule has 3 heterocycles. The summed E-state index contributed by atoms with van der Waals surface area (Å²) in [7, 11) is 0. The van der Waals surface area contributed by atoms with Gasteiger partial charge in [0.25, 0.3) is 5.56 Å². The van der Waals surface area contributed by atoms with Crippen LogP contribution in [0.5, 0.6) is 0 Å². The van der Waals surface area contributed by atoms with E-state index in [1.54, 1.807) is 18.4 Å². The van der Waals surface area contributed by atoms with Crippen molar-refractivity contribution >= 4 is 39.3 Å². The van der Waals surface area contributed by atoms with Crippen LogP contribution in [0.15, 0.2) is 80.1 Å². The molecule has 38 heavy (non-hydrogen) atoms. The van der Waals surface area contributed by atoms with E-state index in [0.29, 0.717) is 20.6 Å². The first-order valence-corrected chi connectivity index (χ1v) is 14.0. The molecule has 194 valence electrons. The van der Waals surface area contributed by atoms with Gasteiger partial charge in [0.1, 0.15) is 0 Å². The fraction of sp³-hybridized carbons (Fsp3) is 0.233. The van der Waals surface area contributed by atoms with E-state index in [-0.39, 0.29) is 12.2 Å². The smallest absolute Gasteiger partial charge is 0.338 e. The van der Waals surface area contributed by atoms with Gasteiger partial charge in [0, 0.05) is 15.9 Å². The summed E-state index contributed by atoms with van der Waals surface area (Å²) in [6.45, 7) is 9.93. The second-order valence-electron chi connectivity index (χ2n) is 9.33. The number of benzene rings is 2. The Morgan fingerprint density at radius 1 is 1.11 bits per heavy atom. The predicted octanol–water partition coefficient (Wildman–Crippen LogP) is 5.28. The predicted molar refractivity (Wildman–Crippen MR) is 155 cm³/mol. The molecule has 0 saturated carbocycles. The third-order valence-corrected chi connectivity index (χ3v) is 8.41. The molecule has 1 aliphatic heterocycles. The average Bonchev–Trinajstić information content (AvgIpc) is 3.33. The number of aryl methyl sites for hydroxylation is 2. The molecular formula is C30H28BrN3O3S. The van der Waals surface area contributed by atoms with Gasteiger partial charge in [-0.15, -0.1) is 0 Å². The Kier molecular flexibility index (Phi) is 7.11. The average molecular weight is 591 g/mol. The summed E-state index contributed by atoms with van der Waals surface area (Å²) in [6, 6.07) is 17.4. The van der Waals surface area contributed by atoms with Crippen LogP contribution < -0.4 is 14.9 Å². The van der Waals surface area contributed by atoms with Crippen LogP contribution in [0.2, 0.25) is 0 Å². The van der Waals surface area contributed by atoms with E-state index in [1.807, 2.05) is 62.4 Å². The third kappa shape index (κ3) is 4.52. The van der Waals surface area contributed by atoms with E-state index >= 15 is 0 Å². The van der Waals surface area contributed by atoms with Crippen molar-refractivity contribution in [1.29, 1.82) is 0 Å². The maximum absolute atomic E-state index is 13.9. The number of rotatable bonds is 5. The topological polar surface area (TPSA) is 65.6 Å². The lowest BCUT2D eigenvalue weighted by molar-refractivity contribution is -0.139. The first-order valence-electron chi connectivity index (χ1n) is 12.4. The molecule has 5 rings (SSSR count). The van der Waals surface area contributed by atoms with Crippen molar-refractivity contribution in [3.8, 4) is 5.69 Å². The Bertz CT molecular complexity index is 1770. The summed E-state index contributed by atoms with van der Waals surface area (Å²) >= 11 is 4.99. The molecular weight excluding hydrogens is 562 g/mol. The number of halogens is 1. The lowest BCUT2D eigenvalue weighted by Gasteiger charge is -2.24. The zero-order chi connectivity index (χ0) is 27.1. The van der Waals surface area contributed by atoms with Gasteiger partial charge in [-0.1, -0.05) is 53.3 Å². The number of thiazole rings is 1. The molecule has 0 radical (unpaired) electrons. The fourth-order valence-corrected chi connectivity index (χ4v) is 6.43. The first-order chi connectivity index (χ1) is 18.2. The van der Waals surface area contributed by atoms with Crippen molar-refractivity contribution in [1.82, 2.24) is 9.13 Å². The lowest BCUT2D eigenvalue weighted by Crippen LogP contribution is -2.39. The molecule has 0 spiro atoms. The van der Waals surface area contributed by atoms with Crippen LogP contribution in [-0.2, 0) is 9.53 Å².